The molecule has 1 fully saturated rings. The van der Waals surface area contributed by atoms with Gasteiger partial charge in [-0.15, -0.1) is 0 Å². The maximum Gasteiger partial charge on any atom is 0.256 e. The number of hydrogen-bond donors (Lipinski definition) is 2. The summed E-state index contributed by atoms with van der Waals surface area (Å²) in [5.74, 6) is -0.286. The lowest BCUT2D eigenvalue weighted by atomic mass is 9.99. The van der Waals surface area contributed by atoms with Crippen LogP contribution in [0, 0.1) is 5.92 Å². The Morgan fingerprint density at radius 2 is 1.96 bits per heavy atom. The molecule has 2 aromatic carbocycles. The number of hydrogen-bond acceptors (Lipinski definition) is 3. The number of nitrogens with one attached hydrogen (secondary N) is 1. The van der Waals surface area contributed by atoms with Crippen molar-refractivity contribution in [3.63, 3.8) is 0 Å². The SMILES string of the molecule is CC(O)(C(=O)Nc1ccc(CN2C(=O)Cc3ccc(Cl)cc32)cc1)C1CC1. The smallest absolute Gasteiger partial charge is 0.256 e. The van der Waals surface area contributed by atoms with E-state index in [1.165, 1.54) is 0 Å². The molecule has 0 radical (unpaired) electrons. The van der Waals surface area contributed by atoms with Gasteiger partial charge in [-0.25, -0.2) is 0 Å². The van der Waals surface area contributed by atoms with Crippen molar-refractivity contribution in [2.24, 2.45) is 5.92 Å². The molecule has 2 amide bonds. The average Bonchev–Trinajstić information content (AvgIpc) is 3.44. The number of carbonyl (C=O) groups is 2. The second-order valence-corrected chi connectivity index (χ2v) is 7.94. The van der Waals surface area contributed by atoms with E-state index in [1.807, 2.05) is 24.3 Å². The average molecular weight is 385 g/mol. The molecule has 4 rings (SSSR count). The van der Waals surface area contributed by atoms with Gasteiger partial charge in [0.2, 0.25) is 5.91 Å². The maximum atomic E-state index is 12.3. The van der Waals surface area contributed by atoms with Gasteiger partial charge < -0.3 is 15.3 Å². The lowest BCUT2D eigenvalue weighted by Crippen LogP contribution is -2.42. The highest BCUT2D eigenvalue weighted by Gasteiger charge is 2.45. The van der Waals surface area contributed by atoms with Crippen LogP contribution in [0.15, 0.2) is 42.5 Å². The summed E-state index contributed by atoms with van der Waals surface area (Å²) in [5, 5.41) is 13.7. The number of rotatable bonds is 5. The van der Waals surface area contributed by atoms with Crippen LogP contribution in [0.4, 0.5) is 11.4 Å². The first-order valence-electron chi connectivity index (χ1n) is 9.06. The van der Waals surface area contributed by atoms with E-state index in [1.54, 1.807) is 30.0 Å². The Labute approximate surface area is 162 Å². The predicted molar refractivity (Wildman–Crippen MR) is 105 cm³/mol. The van der Waals surface area contributed by atoms with Crippen LogP contribution in [0.25, 0.3) is 0 Å². The van der Waals surface area contributed by atoms with Gasteiger partial charge in [-0.2, -0.15) is 0 Å². The molecule has 0 aromatic heterocycles. The Morgan fingerprint density at radius 1 is 1.26 bits per heavy atom. The lowest BCUT2D eigenvalue weighted by Gasteiger charge is -2.22. The third-order valence-corrected chi connectivity index (χ3v) is 5.60. The fraction of sp³-hybridized carbons (Fsp3) is 0.333. The van der Waals surface area contributed by atoms with Gasteiger partial charge in [0, 0.05) is 16.4 Å². The molecule has 2 aliphatic rings. The van der Waals surface area contributed by atoms with E-state index in [4.69, 9.17) is 11.6 Å². The van der Waals surface area contributed by atoms with Crippen molar-refractivity contribution in [3.05, 3.63) is 58.6 Å². The molecule has 140 valence electrons. The molecule has 0 bridgehead atoms. The summed E-state index contributed by atoms with van der Waals surface area (Å²) in [6, 6.07) is 12.8. The minimum atomic E-state index is -1.33. The van der Waals surface area contributed by atoms with E-state index in [9.17, 15) is 14.7 Å². The quantitative estimate of drug-likeness (QED) is 0.828. The number of fused-ring (bicyclic) bond motifs is 1. The summed E-state index contributed by atoms with van der Waals surface area (Å²) in [7, 11) is 0. The van der Waals surface area contributed by atoms with Crippen molar-refractivity contribution in [3.8, 4) is 0 Å². The van der Waals surface area contributed by atoms with Crippen molar-refractivity contribution >= 4 is 34.8 Å². The van der Waals surface area contributed by atoms with Crippen LogP contribution in [0.1, 0.15) is 30.9 Å². The number of halogens is 1. The molecular formula is C21H21ClN2O3. The van der Waals surface area contributed by atoms with Crippen molar-refractivity contribution in [2.75, 3.05) is 10.2 Å². The zero-order chi connectivity index (χ0) is 19.2. The second-order valence-electron chi connectivity index (χ2n) is 7.50. The molecule has 27 heavy (non-hydrogen) atoms. The molecule has 0 saturated heterocycles. The van der Waals surface area contributed by atoms with Gasteiger partial charge in [0.15, 0.2) is 0 Å². The molecule has 0 spiro atoms. The van der Waals surface area contributed by atoms with Crippen LogP contribution >= 0.6 is 11.6 Å². The highest BCUT2D eigenvalue weighted by molar-refractivity contribution is 6.31. The van der Waals surface area contributed by atoms with Crippen molar-refractivity contribution in [2.45, 2.75) is 38.3 Å². The Morgan fingerprint density at radius 3 is 2.63 bits per heavy atom. The molecule has 1 saturated carbocycles. The first-order chi connectivity index (χ1) is 12.8. The summed E-state index contributed by atoms with van der Waals surface area (Å²) >= 11 is 6.07. The Bertz CT molecular complexity index is 904. The predicted octanol–water partition coefficient (Wildman–Crippen LogP) is 3.53. The molecule has 1 aliphatic carbocycles. The van der Waals surface area contributed by atoms with Crippen molar-refractivity contribution in [1.29, 1.82) is 0 Å². The molecule has 1 unspecified atom stereocenters. The summed E-state index contributed by atoms with van der Waals surface area (Å²) < 4.78 is 0. The van der Waals surface area contributed by atoms with E-state index >= 15 is 0 Å². The highest BCUT2D eigenvalue weighted by Crippen LogP contribution is 2.40. The topological polar surface area (TPSA) is 69.6 Å². The van der Waals surface area contributed by atoms with E-state index in [0.717, 1.165) is 29.7 Å². The van der Waals surface area contributed by atoms with Gasteiger partial charge in [-0.3, -0.25) is 9.59 Å². The van der Waals surface area contributed by atoms with Crippen LogP contribution < -0.4 is 10.2 Å². The van der Waals surface area contributed by atoms with Crippen molar-refractivity contribution in [1.82, 2.24) is 0 Å². The third-order valence-electron chi connectivity index (χ3n) is 5.37. The molecular weight excluding hydrogens is 364 g/mol. The second kappa shape index (κ2) is 6.66. The minimum Gasteiger partial charge on any atom is -0.380 e. The van der Waals surface area contributed by atoms with Gasteiger partial charge in [-0.1, -0.05) is 29.8 Å². The number of aliphatic hydroxyl groups is 1. The number of carbonyl (C=O) groups excluding carboxylic acids is 2. The molecule has 1 aliphatic heterocycles. The van der Waals surface area contributed by atoms with Crippen LogP contribution in [0.3, 0.4) is 0 Å². The van der Waals surface area contributed by atoms with E-state index < -0.39 is 5.60 Å². The lowest BCUT2D eigenvalue weighted by molar-refractivity contribution is -0.134. The number of anilines is 2. The Balaban J connectivity index is 1.45. The number of nitrogens with zero attached hydrogens (tertiary/aromatic N) is 1. The Hall–Kier alpha value is -2.37. The first kappa shape index (κ1) is 18.0. The fourth-order valence-electron chi connectivity index (χ4n) is 3.47. The summed E-state index contributed by atoms with van der Waals surface area (Å²) in [6.07, 6.45) is 2.15. The normalized spacial score (nSPS) is 18.2. The van der Waals surface area contributed by atoms with Crippen LogP contribution in [-0.4, -0.2) is 22.5 Å². The molecule has 2 aromatic rings. The maximum absolute atomic E-state index is 12.3. The largest absolute Gasteiger partial charge is 0.380 e. The van der Waals surface area contributed by atoms with Gasteiger partial charge >= 0.3 is 0 Å². The minimum absolute atomic E-state index is 0.0462. The summed E-state index contributed by atoms with van der Waals surface area (Å²) in [5.41, 5.74) is 2.08. The number of amides is 2. The third kappa shape index (κ3) is 3.57. The summed E-state index contributed by atoms with van der Waals surface area (Å²) in [4.78, 5) is 26.3. The standard InChI is InChI=1S/C21H21ClN2O3/c1-21(27,15-5-6-15)20(26)23-17-8-2-13(3-9-17)12-24-18-11-16(22)7-4-14(18)10-19(24)25/h2-4,7-9,11,15,27H,5-6,10,12H2,1H3,(H,23,26). The number of benzene rings is 2. The van der Waals surface area contributed by atoms with Crippen LogP contribution in [0.5, 0.6) is 0 Å². The molecule has 1 heterocycles. The monoisotopic (exact) mass is 384 g/mol. The van der Waals surface area contributed by atoms with Crippen LogP contribution in [0.2, 0.25) is 5.02 Å². The molecule has 2 N–H and O–H groups in total. The van der Waals surface area contributed by atoms with Gasteiger partial charge in [0.25, 0.3) is 5.91 Å². The van der Waals surface area contributed by atoms with Crippen LogP contribution in [-0.2, 0) is 22.6 Å². The zero-order valence-corrected chi connectivity index (χ0v) is 15.8. The zero-order valence-electron chi connectivity index (χ0n) is 15.0. The highest BCUT2D eigenvalue weighted by atomic mass is 35.5. The first-order valence-corrected chi connectivity index (χ1v) is 9.44. The Kier molecular flexibility index (Phi) is 4.44. The van der Waals surface area contributed by atoms with Gasteiger partial charge in [-0.05, 0) is 61.1 Å². The van der Waals surface area contributed by atoms with E-state index in [-0.39, 0.29) is 17.7 Å². The fourth-order valence-corrected chi connectivity index (χ4v) is 3.63. The molecule has 6 heteroatoms. The van der Waals surface area contributed by atoms with E-state index in [0.29, 0.717) is 23.7 Å². The summed E-state index contributed by atoms with van der Waals surface area (Å²) in [6.45, 7) is 2.01. The van der Waals surface area contributed by atoms with Gasteiger partial charge in [0.05, 0.1) is 13.0 Å². The molecule has 1 atom stereocenters. The van der Waals surface area contributed by atoms with Gasteiger partial charge in [0.1, 0.15) is 5.60 Å². The van der Waals surface area contributed by atoms with Crippen molar-refractivity contribution < 1.29 is 14.7 Å². The van der Waals surface area contributed by atoms with E-state index in [2.05, 4.69) is 5.32 Å². The molecule has 5 nitrogen and oxygen atoms in total.